The van der Waals surface area contributed by atoms with Crippen LogP contribution in [0.2, 0.25) is 0 Å². The third kappa shape index (κ3) is 12.0. The van der Waals surface area contributed by atoms with Crippen molar-refractivity contribution in [2.45, 2.75) is 72.4 Å². The van der Waals surface area contributed by atoms with Crippen LogP contribution >= 0.6 is 11.8 Å². The number of rotatable bonds is 16. The highest BCUT2D eigenvalue weighted by Gasteiger charge is 2.17. The molecular weight excluding hydrogens is 584 g/mol. The molecule has 0 saturated heterocycles. The number of aromatic carboxylic acids is 1. The van der Waals surface area contributed by atoms with Crippen LogP contribution < -0.4 is 5.32 Å². The molecule has 2 amide bonds. The van der Waals surface area contributed by atoms with E-state index in [1.165, 1.54) is 54.8 Å². The number of carboxylic acid groups (broad SMARTS) is 1. The summed E-state index contributed by atoms with van der Waals surface area (Å²) in [6, 6.07) is 12.7. The van der Waals surface area contributed by atoms with Gasteiger partial charge in [0.05, 0.1) is 6.54 Å². The number of hydrogen-bond donors (Lipinski definition) is 3. The number of allylic oxidation sites excluding steroid dienone is 6. The van der Waals surface area contributed by atoms with E-state index in [-0.39, 0.29) is 36.2 Å². The molecular formula is C37H44N2O5S. The third-order valence-electron chi connectivity index (χ3n) is 7.42. The van der Waals surface area contributed by atoms with Crippen LogP contribution in [0, 0.1) is 0 Å². The molecule has 45 heavy (non-hydrogen) atoms. The molecule has 0 fully saturated rings. The van der Waals surface area contributed by atoms with Gasteiger partial charge in [0.2, 0.25) is 11.8 Å². The molecule has 0 heterocycles. The number of carboxylic acids is 1. The number of benzene rings is 2. The maximum absolute atomic E-state index is 13.4. The molecule has 2 aromatic rings. The van der Waals surface area contributed by atoms with Gasteiger partial charge in [0.15, 0.2) is 0 Å². The number of aryl methyl sites for hydroxylation is 1. The number of amides is 2. The van der Waals surface area contributed by atoms with Crippen molar-refractivity contribution in [3.63, 3.8) is 0 Å². The molecule has 8 heteroatoms. The molecule has 2 aromatic carbocycles. The van der Waals surface area contributed by atoms with Gasteiger partial charge >= 0.3 is 5.97 Å². The van der Waals surface area contributed by atoms with E-state index in [4.69, 9.17) is 0 Å². The van der Waals surface area contributed by atoms with E-state index in [1.807, 2.05) is 31.2 Å². The summed E-state index contributed by atoms with van der Waals surface area (Å²) in [6.07, 6.45) is 17.7. The number of aromatic hydroxyl groups is 1. The van der Waals surface area contributed by atoms with Crippen LogP contribution in [-0.4, -0.2) is 39.4 Å². The molecule has 0 saturated carbocycles. The summed E-state index contributed by atoms with van der Waals surface area (Å²) in [5, 5.41) is 24.1. The van der Waals surface area contributed by atoms with E-state index in [0.29, 0.717) is 17.7 Å². The number of carbonyl (C=O) groups is 3. The maximum Gasteiger partial charge on any atom is 0.339 e. The number of thioether (sulfide) groups is 1. The zero-order chi connectivity index (χ0) is 32.6. The summed E-state index contributed by atoms with van der Waals surface area (Å²) in [7, 11) is 0. The number of unbranched alkanes of at least 4 members (excludes halogenated alkanes) is 2. The number of hydrogen-bond acceptors (Lipinski definition) is 5. The number of carbonyl (C=O) groups excluding carboxylic acids is 2. The summed E-state index contributed by atoms with van der Waals surface area (Å²) < 4.78 is 0. The second-order valence-electron chi connectivity index (χ2n) is 11.0. The zero-order valence-electron chi connectivity index (χ0n) is 26.4. The van der Waals surface area contributed by atoms with Gasteiger partial charge in [-0.15, -0.1) is 11.8 Å². The highest BCUT2D eigenvalue weighted by Crippen LogP contribution is 2.24. The summed E-state index contributed by atoms with van der Waals surface area (Å²) >= 11 is 1.37. The van der Waals surface area contributed by atoms with Gasteiger partial charge in [-0.05, 0) is 79.3 Å². The van der Waals surface area contributed by atoms with E-state index >= 15 is 0 Å². The minimum atomic E-state index is -1.24. The van der Waals surface area contributed by atoms with Crippen LogP contribution in [0.25, 0.3) is 0 Å². The second-order valence-corrected chi connectivity index (χ2v) is 12.0. The lowest BCUT2D eigenvalue weighted by atomic mass is 10.0. The van der Waals surface area contributed by atoms with E-state index in [0.717, 1.165) is 35.3 Å². The molecule has 0 aliphatic heterocycles. The van der Waals surface area contributed by atoms with Crippen molar-refractivity contribution < 1.29 is 24.6 Å². The van der Waals surface area contributed by atoms with Gasteiger partial charge in [0.25, 0.3) is 0 Å². The predicted octanol–water partition coefficient (Wildman–Crippen LogP) is 7.84. The number of nitrogens with one attached hydrogen (secondary N) is 1. The van der Waals surface area contributed by atoms with E-state index in [9.17, 15) is 24.6 Å². The van der Waals surface area contributed by atoms with Gasteiger partial charge in [-0.1, -0.05) is 80.5 Å². The fourth-order valence-electron chi connectivity index (χ4n) is 4.66. The Morgan fingerprint density at radius 2 is 1.78 bits per heavy atom. The van der Waals surface area contributed by atoms with Gasteiger partial charge in [-0.3, -0.25) is 9.59 Å². The maximum atomic E-state index is 13.4. The third-order valence-corrected chi connectivity index (χ3v) is 8.56. The highest BCUT2D eigenvalue weighted by atomic mass is 32.2. The Kier molecular flexibility index (Phi) is 14.5. The lowest BCUT2D eigenvalue weighted by molar-refractivity contribution is -0.126. The Balaban J connectivity index is 1.66. The molecule has 0 spiro atoms. The Bertz CT molecular complexity index is 1480. The van der Waals surface area contributed by atoms with Gasteiger partial charge in [-0.25, -0.2) is 4.79 Å². The standard InChI is InChI=1S/C37H44N2O5S/c1-4-6-8-11-29-14-16-30(17-15-29)23-38-36(42)27(3)26-45-32(5-2)25-39(35(41)21-19-28-12-9-7-10-13-28)24-31-18-20-34(40)33(22-31)37(43)44/h5,7,9,12,14-22,26,40H,4,6,8,10-11,13,23-25H2,1-3H3,(H,38,42)(H,43,44)/b21-19+,27-26+,32-5?. The van der Waals surface area contributed by atoms with Crippen LogP contribution in [0.4, 0.5) is 0 Å². The van der Waals surface area contributed by atoms with E-state index in [1.54, 1.807) is 23.3 Å². The summed E-state index contributed by atoms with van der Waals surface area (Å²) in [5.74, 6) is -1.97. The fraction of sp³-hybridized carbons (Fsp3) is 0.324. The quantitative estimate of drug-likeness (QED) is 0.129. The molecule has 0 unspecified atom stereocenters. The van der Waals surface area contributed by atoms with Crippen molar-refractivity contribution in [2.75, 3.05) is 6.54 Å². The predicted molar refractivity (Wildman–Crippen MR) is 183 cm³/mol. The molecule has 1 aliphatic rings. The molecule has 0 radical (unpaired) electrons. The monoisotopic (exact) mass is 628 g/mol. The minimum Gasteiger partial charge on any atom is -0.507 e. The zero-order valence-corrected chi connectivity index (χ0v) is 27.2. The Morgan fingerprint density at radius 1 is 1.04 bits per heavy atom. The summed E-state index contributed by atoms with van der Waals surface area (Å²) in [6.45, 7) is 6.66. The van der Waals surface area contributed by atoms with Gasteiger partial charge in [0, 0.05) is 29.6 Å². The smallest absolute Gasteiger partial charge is 0.339 e. The molecule has 1 aliphatic carbocycles. The minimum absolute atomic E-state index is 0.140. The number of nitrogens with zero attached hydrogens (tertiary/aromatic N) is 1. The molecule has 0 bridgehead atoms. The van der Waals surface area contributed by atoms with Crippen molar-refractivity contribution in [1.82, 2.24) is 10.2 Å². The van der Waals surface area contributed by atoms with Crippen molar-refractivity contribution in [2.24, 2.45) is 0 Å². The van der Waals surface area contributed by atoms with Gasteiger partial charge in [-0.2, -0.15) is 0 Å². The van der Waals surface area contributed by atoms with Crippen LogP contribution in [0.3, 0.4) is 0 Å². The van der Waals surface area contributed by atoms with Crippen molar-refractivity contribution in [1.29, 1.82) is 0 Å². The average molecular weight is 629 g/mol. The first-order valence-corrected chi connectivity index (χ1v) is 16.3. The van der Waals surface area contributed by atoms with E-state index in [2.05, 4.69) is 42.6 Å². The van der Waals surface area contributed by atoms with Crippen molar-refractivity contribution >= 4 is 29.5 Å². The van der Waals surface area contributed by atoms with Crippen molar-refractivity contribution in [3.05, 3.63) is 123 Å². The largest absolute Gasteiger partial charge is 0.507 e. The van der Waals surface area contributed by atoms with E-state index < -0.39 is 5.97 Å². The summed E-state index contributed by atoms with van der Waals surface area (Å²) in [4.78, 5) is 40.2. The van der Waals surface area contributed by atoms with Crippen molar-refractivity contribution in [3.8, 4) is 5.75 Å². The molecule has 0 aromatic heterocycles. The van der Waals surface area contributed by atoms with Crippen LogP contribution in [-0.2, 0) is 29.1 Å². The van der Waals surface area contributed by atoms with Gasteiger partial charge in [0.1, 0.15) is 11.3 Å². The lowest BCUT2D eigenvalue weighted by Crippen LogP contribution is -2.30. The Hall–Kier alpha value is -4.30. The highest BCUT2D eigenvalue weighted by molar-refractivity contribution is 8.05. The first kappa shape index (κ1) is 35.2. The molecule has 0 atom stereocenters. The molecule has 3 N–H and O–H groups in total. The number of phenols is 1. The first-order chi connectivity index (χ1) is 21.7. The second kappa shape index (κ2) is 18.5. The SMILES string of the molecule is CC=C(CN(Cc1ccc(O)c(C(=O)O)c1)C(=O)/C=C/C1=CC=CCC1)S/C=C(\C)C(=O)NCc1ccc(CCCCC)cc1. The van der Waals surface area contributed by atoms with Gasteiger partial charge < -0.3 is 20.4 Å². The normalized spacial score (nSPS) is 13.5. The lowest BCUT2D eigenvalue weighted by Gasteiger charge is -2.23. The molecule has 7 nitrogen and oxygen atoms in total. The summed E-state index contributed by atoms with van der Waals surface area (Å²) in [5.41, 5.74) is 4.31. The van der Waals surface area contributed by atoms with Crippen LogP contribution in [0.5, 0.6) is 5.75 Å². The first-order valence-electron chi connectivity index (χ1n) is 15.4. The Labute approximate surface area is 271 Å². The fourth-order valence-corrected chi connectivity index (χ4v) is 5.46. The Morgan fingerprint density at radius 3 is 2.44 bits per heavy atom. The molecule has 238 valence electrons. The topological polar surface area (TPSA) is 107 Å². The molecule has 3 rings (SSSR count). The average Bonchev–Trinajstić information content (AvgIpc) is 3.05. The van der Waals surface area contributed by atoms with Crippen LogP contribution in [0.15, 0.2) is 100 Å². The van der Waals surface area contributed by atoms with Crippen LogP contribution in [0.1, 0.15) is 79.9 Å².